The first kappa shape index (κ1) is 7.55. The Morgan fingerprint density at radius 3 is 3.00 bits per heavy atom. The third-order valence-electron chi connectivity index (χ3n) is 1.82. The standard InChI is InChI=1S/C9H8FNS/c10-4-6-5-12-9-3-7(11)1-2-8(6)9/h1-3,5H,4,11H2. The van der Waals surface area contributed by atoms with Crippen LogP contribution in [-0.4, -0.2) is 0 Å². The lowest BCUT2D eigenvalue weighted by molar-refractivity contribution is 0.488. The minimum Gasteiger partial charge on any atom is -0.399 e. The van der Waals surface area contributed by atoms with E-state index in [-0.39, 0.29) is 0 Å². The average Bonchev–Trinajstić information content (AvgIpc) is 2.46. The van der Waals surface area contributed by atoms with Gasteiger partial charge in [0.25, 0.3) is 0 Å². The second-order valence-corrected chi connectivity index (χ2v) is 3.56. The summed E-state index contributed by atoms with van der Waals surface area (Å²) in [4.78, 5) is 0. The summed E-state index contributed by atoms with van der Waals surface area (Å²) in [6.45, 7) is -0.399. The molecular formula is C9H8FNS. The maximum absolute atomic E-state index is 12.4. The van der Waals surface area contributed by atoms with Crippen LogP contribution in [0.1, 0.15) is 5.56 Å². The van der Waals surface area contributed by atoms with Gasteiger partial charge in [0.1, 0.15) is 6.67 Å². The maximum atomic E-state index is 12.4. The van der Waals surface area contributed by atoms with Gasteiger partial charge in [-0.05, 0) is 22.9 Å². The van der Waals surface area contributed by atoms with Crippen LogP contribution in [-0.2, 0) is 6.67 Å². The summed E-state index contributed by atoms with van der Waals surface area (Å²) in [5.41, 5.74) is 7.08. The minimum absolute atomic E-state index is 0.399. The molecule has 1 aromatic heterocycles. The summed E-state index contributed by atoms with van der Waals surface area (Å²) >= 11 is 1.53. The zero-order valence-corrected chi connectivity index (χ0v) is 7.20. The molecule has 0 atom stereocenters. The van der Waals surface area contributed by atoms with E-state index in [2.05, 4.69) is 0 Å². The monoisotopic (exact) mass is 181 g/mol. The van der Waals surface area contributed by atoms with E-state index in [9.17, 15) is 4.39 Å². The quantitative estimate of drug-likeness (QED) is 0.672. The van der Waals surface area contributed by atoms with Crippen LogP contribution in [0, 0.1) is 0 Å². The Morgan fingerprint density at radius 2 is 2.25 bits per heavy atom. The fourth-order valence-corrected chi connectivity index (χ4v) is 2.19. The van der Waals surface area contributed by atoms with E-state index >= 15 is 0 Å². The molecule has 0 aliphatic carbocycles. The highest BCUT2D eigenvalue weighted by atomic mass is 32.1. The number of anilines is 1. The average molecular weight is 181 g/mol. The van der Waals surface area contributed by atoms with Crippen molar-refractivity contribution in [3.05, 3.63) is 29.1 Å². The summed E-state index contributed by atoms with van der Waals surface area (Å²) in [6, 6.07) is 5.55. The summed E-state index contributed by atoms with van der Waals surface area (Å²) in [7, 11) is 0. The zero-order chi connectivity index (χ0) is 8.55. The van der Waals surface area contributed by atoms with Gasteiger partial charge in [0.15, 0.2) is 0 Å². The number of halogens is 1. The second kappa shape index (κ2) is 2.75. The molecule has 0 saturated carbocycles. The SMILES string of the molecule is Nc1ccc2c(CF)csc2c1. The first-order chi connectivity index (χ1) is 5.81. The van der Waals surface area contributed by atoms with Gasteiger partial charge >= 0.3 is 0 Å². The molecule has 3 heteroatoms. The highest BCUT2D eigenvalue weighted by Gasteiger charge is 2.02. The molecule has 0 spiro atoms. The summed E-state index contributed by atoms with van der Waals surface area (Å²) < 4.78 is 13.4. The second-order valence-electron chi connectivity index (χ2n) is 2.65. The molecule has 0 radical (unpaired) electrons. The van der Waals surface area contributed by atoms with Crippen LogP contribution in [0.15, 0.2) is 23.6 Å². The predicted molar refractivity (Wildman–Crippen MR) is 51.0 cm³/mol. The van der Waals surface area contributed by atoms with Gasteiger partial charge in [-0.1, -0.05) is 6.07 Å². The Bertz CT molecular complexity index is 408. The molecule has 0 saturated heterocycles. The molecular weight excluding hydrogens is 173 g/mol. The first-order valence-electron chi connectivity index (χ1n) is 3.63. The van der Waals surface area contributed by atoms with Crippen molar-refractivity contribution < 1.29 is 4.39 Å². The number of benzene rings is 1. The molecule has 2 N–H and O–H groups in total. The Morgan fingerprint density at radius 1 is 1.42 bits per heavy atom. The number of hydrogen-bond acceptors (Lipinski definition) is 2. The number of nitrogen functional groups attached to an aromatic ring is 1. The van der Waals surface area contributed by atoms with Crippen molar-refractivity contribution in [2.75, 3.05) is 5.73 Å². The van der Waals surface area contributed by atoms with Crippen LogP contribution < -0.4 is 5.73 Å². The number of nitrogens with two attached hydrogens (primary N) is 1. The van der Waals surface area contributed by atoms with Gasteiger partial charge in [0.2, 0.25) is 0 Å². The molecule has 0 unspecified atom stereocenters. The van der Waals surface area contributed by atoms with E-state index in [1.54, 1.807) is 6.07 Å². The van der Waals surface area contributed by atoms with E-state index in [4.69, 9.17) is 5.73 Å². The van der Waals surface area contributed by atoms with Crippen molar-refractivity contribution in [1.29, 1.82) is 0 Å². The van der Waals surface area contributed by atoms with E-state index < -0.39 is 6.67 Å². The Labute approximate surface area is 73.6 Å². The number of thiophene rings is 1. The molecule has 0 aliphatic heterocycles. The Balaban J connectivity index is 2.73. The summed E-state index contributed by atoms with van der Waals surface area (Å²) in [5, 5.41) is 2.82. The van der Waals surface area contributed by atoms with Crippen LogP contribution in [0.5, 0.6) is 0 Å². The normalized spacial score (nSPS) is 10.8. The lowest BCUT2D eigenvalue weighted by atomic mass is 10.2. The molecule has 0 aliphatic rings. The lowest BCUT2D eigenvalue weighted by Crippen LogP contribution is -1.82. The highest BCUT2D eigenvalue weighted by molar-refractivity contribution is 7.17. The molecule has 12 heavy (non-hydrogen) atoms. The first-order valence-corrected chi connectivity index (χ1v) is 4.51. The number of hydrogen-bond donors (Lipinski definition) is 1. The van der Waals surface area contributed by atoms with Gasteiger partial charge in [-0.15, -0.1) is 11.3 Å². The Hall–Kier alpha value is -1.09. The van der Waals surface area contributed by atoms with E-state index in [1.165, 1.54) is 11.3 Å². The van der Waals surface area contributed by atoms with Gasteiger partial charge in [-0.3, -0.25) is 0 Å². The van der Waals surface area contributed by atoms with Crippen molar-refractivity contribution in [3.8, 4) is 0 Å². The minimum atomic E-state index is -0.399. The smallest absolute Gasteiger partial charge is 0.116 e. The van der Waals surface area contributed by atoms with Gasteiger partial charge in [-0.2, -0.15) is 0 Å². The molecule has 2 rings (SSSR count). The van der Waals surface area contributed by atoms with E-state index in [1.807, 2.05) is 17.5 Å². The molecule has 1 nitrogen and oxygen atoms in total. The molecule has 0 amide bonds. The van der Waals surface area contributed by atoms with Crippen molar-refractivity contribution in [3.63, 3.8) is 0 Å². The number of fused-ring (bicyclic) bond motifs is 1. The predicted octanol–water partition coefficient (Wildman–Crippen LogP) is 2.95. The molecule has 0 bridgehead atoms. The fourth-order valence-electron chi connectivity index (χ4n) is 1.20. The zero-order valence-electron chi connectivity index (χ0n) is 6.38. The van der Waals surface area contributed by atoms with Crippen molar-refractivity contribution in [2.24, 2.45) is 0 Å². The van der Waals surface area contributed by atoms with Gasteiger partial charge in [-0.25, -0.2) is 4.39 Å². The molecule has 62 valence electrons. The van der Waals surface area contributed by atoms with E-state index in [0.29, 0.717) is 0 Å². The van der Waals surface area contributed by atoms with Gasteiger partial charge in [0, 0.05) is 16.0 Å². The topological polar surface area (TPSA) is 26.0 Å². The summed E-state index contributed by atoms with van der Waals surface area (Å²) in [5.74, 6) is 0. The van der Waals surface area contributed by atoms with Crippen LogP contribution in [0.3, 0.4) is 0 Å². The van der Waals surface area contributed by atoms with Crippen molar-refractivity contribution in [1.82, 2.24) is 0 Å². The molecule has 1 heterocycles. The largest absolute Gasteiger partial charge is 0.399 e. The number of alkyl halides is 1. The van der Waals surface area contributed by atoms with Crippen LogP contribution >= 0.6 is 11.3 Å². The van der Waals surface area contributed by atoms with Gasteiger partial charge < -0.3 is 5.73 Å². The molecule has 1 aromatic carbocycles. The third-order valence-corrected chi connectivity index (χ3v) is 2.82. The number of rotatable bonds is 1. The summed E-state index contributed by atoms with van der Waals surface area (Å²) in [6.07, 6.45) is 0. The Kier molecular flexibility index (Phi) is 1.73. The van der Waals surface area contributed by atoms with E-state index in [0.717, 1.165) is 21.3 Å². The lowest BCUT2D eigenvalue weighted by Gasteiger charge is -1.93. The van der Waals surface area contributed by atoms with Gasteiger partial charge in [0.05, 0.1) is 0 Å². The van der Waals surface area contributed by atoms with Crippen molar-refractivity contribution >= 4 is 27.1 Å². The van der Waals surface area contributed by atoms with Crippen LogP contribution in [0.2, 0.25) is 0 Å². The maximum Gasteiger partial charge on any atom is 0.116 e. The molecule has 0 fully saturated rings. The fraction of sp³-hybridized carbons (Fsp3) is 0.111. The molecule has 2 aromatic rings. The van der Waals surface area contributed by atoms with Crippen molar-refractivity contribution in [2.45, 2.75) is 6.67 Å². The van der Waals surface area contributed by atoms with Crippen LogP contribution in [0.4, 0.5) is 10.1 Å². The highest BCUT2D eigenvalue weighted by Crippen LogP contribution is 2.28. The van der Waals surface area contributed by atoms with Crippen LogP contribution in [0.25, 0.3) is 10.1 Å². The third kappa shape index (κ3) is 1.06.